The van der Waals surface area contributed by atoms with E-state index in [1.54, 1.807) is 18.2 Å². The number of benzene rings is 2. The van der Waals surface area contributed by atoms with Crippen molar-refractivity contribution in [3.05, 3.63) is 63.6 Å². The zero-order valence-corrected chi connectivity index (χ0v) is 20.5. The highest BCUT2D eigenvalue weighted by molar-refractivity contribution is 7.89. The van der Waals surface area contributed by atoms with Gasteiger partial charge in [-0.3, -0.25) is 9.59 Å². The molecule has 0 aliphatic carbocycles. The molecule has 2 aromatic rings. The molecule has 0 aromatic heterocycles. The molecule has 1 aliphatic heterocycles. The predicted molar refractivity (Wildman–Crippen MR) is 127 cm³/mol. The van der Waals surface area contributed by atoms with E-state index in [1.165, 1.54) is 35.7 Å². The predicted octanol–water partition coefficient (Wildman–Crippen LogP) is 3.96. The van der Waals surface area contributed by atoms with Crippen molar-refractivity contribution < 1.29 is 22.7 Å². The highest BCUT2D eigenvalue weighted by atomic mass is 35.5. The lowest BCUT2D eigenvalue weighted by molar-refractivity contribution is -0.140. The van der Waals surface area contributed by atoms with Crippen LogP contribution in [0.4, 0.5) is 0 Å². The van der Waals surface area contributed by atoms with Gasteiger partial charge in [0.15, 0.2) is 0 Å². The average Bonchev–Trinajstić information content (AvgIpc) is 3.00. The fourth-order valence-electron chi connectivity index (χ4n) is 3.71. The lowest BCUT2D eigenvalue weighted by Crippen LogP contribution is -2.48. The topological polar surface area (TPSA) is 92.8 Å². The molecule has 2 aromatic carbocycles. The van der Waals surface area contributed by atoms with Gasteiger partial charge in [0.1, 0.15) is 6.04 Å². The Morgan fingerprint density at radius 3 is 2.55 bits per heavy atom. The van der Waals surface area contributed by atoms with Crippen LogP contribution in [0, 0.1) is 0 Å². The number of nitrogens with one attached hydrogen (secondary N) is 1. The summed E-state index contributed by atoms with van der Waals surface area (Å²) in [5, 5.41) is 3.65. The standard InChI is InChI=1S/C23H26Cl2N2O5S/c1-32-22(28)12-7-17-6-5-16(14-20(17)25)15-27(21-4-2-3-13-26-23(21)29)33(30,31)19-10-8-18(24)9-11-19/h5-6,8-11,14,21H,2-4,7,12-13,15H2,1H3,(H,26,29)/t21-/m1/s1. The number of carbonyl (C=O) groups is 2. The number of sulfonamides is 1. The van der Waals surface area contributed by atoms with Gasteiger partial charge >= 0.3 is 5.97 Å². The van der Waals surface area contributed by atoms with Crippen LogP contribution >= 0.6 is 23.2 Å². The first-order chi connectivity index (χ1) is 15.7. The highest BCUT2D eigenvalue weighted by Gasteiger charge is 2.36. The number of hydrogen-bond acceptors (Lipinski definition) is 5. The minimum absolute atomic E-state index is 0.0277. The summed E-state index contributed by atoms with van der Waals surface area (Å²) >= 11 is 12.3. The zero-order valence-electron chi connectivity index (χ0n) is 18.2. The van der Waals surface area contributed by atoms with Gasteiger partial charge in [-0.05, 0) is 67.1 Å². The number of methoxy groups -OCH3 is 1. The number of nitrogens with zero attached hydrogens (tertiary/aromatic N) is 1. The summed E-state index contributed by atoms with van der Waals surface area (Å²) < 4.78 is 33.1. The number of rotatable bonds is 8. The second-order valence-electron chi connectivity index (χ2n) is 7.81. The minimum atomic E-state index is -4.00. The number of halogens is 2. The first-order valence-corrected chi connectivity index (χ1v) is 12.8. The Morgan fingerprint density at radius 2 is 1.88 bits per heavy atom. The van der Waals surface area contributed by atoms with Crippen LogP contribution < -0.4 is 5.32 Å². The zero-order chi connectivity index (χ0) is 24.0. The Hall–Kier alpha value is -2.13. The van der Waals surface area contributed by atoms with Gasteiger partial charge in [-0.25, -0.2) is 8.42 Å². The lowest BCUT2D eigenvalue weighted by atomic mass is 10.1. The summed E-state index contributed by atoms with van der Waals surface area (Å²) in [4.78, 5) is 24.3. The highest BCUT2D eigenvalue weighted by Crippen LogP contribution is 2.27. The van der Waals surface area contributed by atoms with E-state index in [1.807, 2.05) is 0 Å². The molecule has 3 rings (SSSR count). The SMILES string of the molecule is COC(=O)CCc1ccc(CN([C@@H]2CCCCNC2=O)S(=O)(=O)c2ccc(Cl)cc2)cc1Cl. The van der Waals surface area contributed by atoms with E-state index >= 15 is 0 Å². The third-order valence-corrected chi connectivity index (χ3v) is 8.03. The fourth-order valence-corrected chi connectivity index (χ4v) is 5.74. The van der Waals surface area contributed by atoms with Gasteiger partial charge in [0.25, 0.3) is 0 Å². The van der Waals surface area contributed by atoms with Gasteiger partial charge in [0, 0.05) is 29.6 Å². The van der Waals surface area contributed by atoms with Gasteiger partial charge in [0.05, 0.1) is 12.0 Å². The van der Waals surface area contributed by atoms with Crippen LogP contribution in [-0.4, -0.2) is 44.3 Å². The average molecular weight is 513 g/mol. The quantitative estimate of drug-likeness (QED) is 0.540. The molecular weight excluding hydrogens is 487 g/mol. The maximum Gasteiger partial charge on any atom is 0.305 e. The van der Waals surface area contributed by atoms with Crippen LogP contribution in [0.5, 0.6) is 0 Å². The molecule has 0 saturated carbocycles. The summed E-state index contributed by atoms with van der Waals surface area (Å²) in [5.41, 5.74) is 1.39. The van der Waals surface area contributed by atoms with Crippen molar-refractivity contribution in [2.24, 2.45) is 0 Å². The van der Waals surface area contributed by atoms with Crippen molar-refractivity contribution in [2.45, 2.75) is 49.6 Å². The molecule has 33 heavy (non-hydrogen) atoms. The number of esters is 1. The Bertz CT molecular complexity index is 1110. The molecule has 1 fully saturated rings. The minimum Gasteiger partial charge on any atom is -0.469 e. The van der Waals surface area contributed by atoms with E-state index in [4.69, 9.17) is 23.2 Å². The lowest BCUT2D eigenvalue weighted by Gasteiger charge is -2.29. The van der Waals surface area contributed by atoms with E-state index in [0.29, 0.717) is 35.0 Å². The van der Waals surface area contributed by atoms with Crippen LogP contribution in [0.1, 0.15) is 36.8 Å². The Kier molecular flexibility index (Phi) is 8.75. The van der Waals surface area contributed by atoms with Gasteiger partial charge in [-0.2, -0.15) is 4.31 Å². The van der Waals surface area contributed by atoms with E-state index in [2.05, 4.69) is 10.1 Å². The number of aryl methyl sites for hydroxylation is 1. The molecule has 1 saturated heterocycles. The molecule has 0 spiro atoms. The van der Waals surface area contributed by atoms with E-state index in [-0.39, 0.29) is 29.7 Å². The van der Waals surface area contributed by atoms with E-state index in [0.717, 1.165) is 18.4 Å². The fraction of sp³-hybridized carbons (Fsp3) is 0.391. The molecule has 1 atom stereocenters. The summed E-state index contributed by atoms with van der Waals surface area (Å²) in [6.45, 7) is 0.491. The largest absolute Gasteiger partial charge is 0.469 e. The first-order valence-electron chi connectivity index (χ1n) is 10.6. The normalized spacial score (nSPS) is 16.8. The molecule has 7 nitrogen and oxygen atoms in total. The summed E-state index contributed by atoms with van der Waals surface area (Å²) in [5.74, 6) is -0.652. The van der Waals surface area contributed by atoms with E-state index in [9.17, 15) is 18.0 Å². The molecule has 1 N–H and O–H groups in total. The molecule has 0 unspecified atom stereocenters. The monoisotopic (exact) mass is 512 g/mol. The van der Waals surface area contributed by atoms with Crippen LogP contribution in [0.25, 0.3) is 0 Å². The third-order valence-electron chi connectivity index (χ3n) is 5.56. The van der Waals surface area contributed by atoms with Crippen molar-refractivity contribution >= 4 is 45.1 Å². The number of ether oxygens (including phenoxy) is 1. The number of hydrogen-bond donors (Lipinski definition) is 1. The number of amides is 1. The summed E-state index contributed by atoms with van der Waals surface area (Å²) in [7, 11) is -2.68. The maximum atomic E-state index is 13.6. The molecule has 0 radical (unpaired) electrons. The molecule has 178 valence electrons. The molecule has 1 heterocycles. The van der Waals surface area contributed by atoms with Gasteiger partial charge in [0.2, 0.25) is 15.9 Å². The van der Waals surface area contributed by atoms with Crippen molar-refractivity contribution in [1.82, 2.24) is 9.62 Å². The molecule has 1 amide bonds. The molecule has 1 aliphatic rings. The Labute approximate surface area is 204 Å². The van der Waals surface area contributed by atoms with Gasteiger partial charge in [-0.15, -0.1) is 0 Å². The Morgan fingerprint density at radius 1 is 1.15 bits per heavy atom. The maximum absolute atomic E-state index is 13.6. The summed E-state index contributed by atoms with van der Waals surface area (Å²) in [6.07, 6.45) is 2.53. The van der Waals surface area contributed by atoms with E-state index < -0.39 is 16.1 Å². The van der Waals surface area contributed by atoms with Crippen LogP contribution in [-0.2, 0) is 37.3 Å². The van der Waals surface area contributed by atoms with Gasteiger partial charge in [-0.1, -0.05) is 35.3 Å². The first kappa shape index (κ1) is 25.5. The van der Waals surface area contributed by atoms with Gasteiger partial charge < -0.3 is 10.1 Å². The third kappa shape index (κ3) is 6.47. The Balaban J connectivity index is 1.93. The van der Waals surface area contributed by atoms with Crippen molar-refractivity contribution in [3.8, 4) is 0 Å². The number of carbonyl (C=O) groups excluding carboxylic acids is 2. The smallest absolute Gasteiger partial charge is 0.305 e. The second kappa shape index (κ2) is 11.3. The van der Waals surface area contributed by atoms with Crippen LogP contribution in [0.15, 0.2) is 47.4 Å². The van der Waals surface area contributed by atoms with Crippen molar-refractivity contribution in [3.63, 3.8) is 0 Å². The summed E-state index contributed by atoms with van der Waals surface area (Å²) in [6, 6.07) is 10.2. The second-order valence-corrected chi connectivity index (χ2v) is 10.5. The molecular formula is C23H26Cl2N2O5S. The van der Waals surface area contributed by atoms with Crippen molar-refractivity contribution in [2.75, 3.05) is 13.7 Å². The van der Waals surface area contributed by atoms with Crippen LogP contribution in [0.3, 0.4) is 0 Å². The van der Waals surface area contributed by atoms with Crippen LogP contribution in [0.2, 0.25) is 10.0 Å². The molecule has 0 bridgehead atoms. The van der Waals surface area contributed by atoms with Crippen molar-refractivity contribution in [1.29, 1.82) is 0 Å². The molecule has 10 heteroatoms.